The van der Waals surface area contributed by atoms with Crippen LogP contribution in [-0.2, 0) is 0 Å². The third-order valence-corrected chi connectivity index (χ3v) is 4.38. The fourth-order valence-electron chi connectivity index (χ4n) is 2.38. The van der Waals surface area contributed by atoms with Gasteiger partial charge in [-0.05, 0) is 42.8 Å². The van der Waals surface area contributed by atoms with Crippen molar-refractivity contribution in [2.45, 2.75) is 6.92 Å². The minimum Gasteiger partial charge on any atom is -0.457 e. The minimum absolute atomic E-state index is 0.148. The maximum Gasteiger partial charge on any atom is 0.291 e. The van der Waals surface area contributed by atoms with E-state index >= 15 is 0 Å². The van der Waals surface area contributed by atoms with Crippen molar-refractivity contribution in [3.05, 3.63) is 80.9 Å². The zero-order valence-electron chi connectivity index (χ0n) is 12.8. The summed E-state index contributed by atoms with van der Waals surface area (Å²) >= 11 is 1.33. The van der Waals surface area contributed by atoms with Gasteiger partial charge in [-0.2, -0.15) is 4.52 Å². The summed E-state index contributed by atoms with van der Waals surface area (Å²) in [4.78, 5) is 17.2. The van der Waals surface area contributed by atoms with Gasteiger partial charge in [-0.25, -0.2) is 4.98 Å². The molecule has 4 rings (SSSR count). The van der Waals surface area contributed by atoms with Crippen LogP contribution in [0.15, 0.2) is 59.4 Å². The Kier molecular flexibility index (Phi) is 3.59. The van der Waals surface area contributed by atoms with E-state index in [1.807, 2.05) is 60.7 Å². The van der Waals surface area contributed by atoms with Gasteiger partial charge in [-0.15, -0.1) is 5.10 Å². The molecule has 0 atom stereocenters. The summed E-state index contributed by atoms with van der Waals surface area (Å²) in [6, 6.07) is 17.2. The van der Waals surface area contributed by atoms with Crippen molar-refractivity contribution < 1.29 is 4.74 Å². The smallest absolute Gasteiger partial charge is 0.291 e. The van der Waals surface area contributed by atoms with Crippen LogP contribution >= 0.6 is 11.3 Å². The van der Waals surface area contributed by atoms with Crippen molar-refractivity contribution in [2.75, 3.05) is 0 Å². The van der Waals surface area contributed by atoms with Crippen molar-refractivity contribution in [1.82, 2.24) is 14.6 Å². The normalized spacial score (nSPS) is 12.0. The van der Waals surface area contributed by atoms with E-state index < -0.39 is 0 Å². The topological polar surface area (TPSA) is 56.5 Å². The zero-order valence-corrected chi connectivity index (χ0v) is 13.7. The molecule has 0 radical (unpaired) electrons. The van der Waals surface area contributed by atoms with Crippen LogP contribution in [0.3, 0.4) is 0 Å². The molecule has 0 aliphatic heterocycles. The van der Waals surface area contributed by atoms with Gasteiger partial charge in [0.05, 0.1) is 4.53 Å². The number of hydrogen-bond acceptors (Lipinski definition) is 5. The van der Waals surface area contributed by atoms with E-state index in [0.29, 0.717) is 15.3 Å². The highest BCUT2D eigenvalue weighted by molar-refractivity contribution is 7.15. The van der Waals surface area contributed by atoms with Gasteiger partial charge in [0.25, 0.3) is 5.56 Å². The number of aromatic nitrogens is 3. The van der Waals surface area contributed by atoms with Gasteiger partial charge >= 0.3 is 0 Å². The maximum atomic E-state index is 12.3. The SMILES string of the molecule is Cc1nc2s/c(=C\c3cccc(Oc4ccccc4)c3)c(=O)n2n1. The summed E-state index contributed by atoms with van der Waals surface area (Å²) in [7, 11) is 0. The molecular weight excluding hydrogens is 322 g/mol. The van der Waals surface area contributed by atoms with Gasteiger partial charge in [-0.1, -0.05) is 41.7 Å². The van der Waals surface area contributed by atoms with E-state index in [1.54, 1.807) is 6.92 Å². The summed E-state index contributed by atoms with van der Waals surface area (Å²) in [5.74, 6) is 2.09. The first-order chi connectivity index (χ1) is 11.7. The molecule has 0 N–H and O–H groups in total. The fourth-order valence-corrected chi connectivity index (χ4v) is 3.33. The highest BCUT2D eigenvalue weighted by atomic mass is 32.1. The molecule has 0 aliphatic rings. The number of fused-ring (bicyclic) bond motifs is 1. The second-order valence-electron chi connectivity index (χ2n) is 5.26. The van der Waals surface area contributed by atoms with Crippen molar-refractivity contribution >= 4 is 22.4 Å². The van der Waals surface area contributed by atoms with E-state index in [-0.39, 0.29) is 5.56 Å². The van der Waals surface area contributed by atoms with Gasteiger partial charge in [0, 0.05) is 0 Å². The fraction of sp³-hybridized carbons (Fsp3) is 0.0556. The van der Waals surface area contributed by atoms with Gasteiger partial charge in [0.2, 0.25) is 4.96 Å². The summed E-state index contributed by atoms with van der Waals surface area (Å²) in [6.45, 7) is 1.77. The van der Waals surface area contributed by atoms with Gasteiger partial charge in [0.1, 0.15) is 17.3 Å². The molecule has 6 heteroatoms. The molecule has 2 aromatic carbocycles. The molecule has 0 bridgehead atoms. The lowest BCUT2D eigenvalue weighted by Crippen LogP contribution is -2.23. The summed E-state index contributed by atoms with van der Waals surface area (Å²) in [5, 5.41) is 4.11. The first-order valence-corrected chi connectivity index (χ1v) is 8.21. The third kappa shape index (κ3) is 2.79. The Balaban J connectivity index is 1.71. The number of aryl methyl sites for hydroxylation is 1. The van der Waals surface area contributed by atoms with Crippen molar-refractivity contribution in [3.63, 3.8) is 0 Å². The molecule has 0 unspecified atom stereocenters. The quantitative estimate of drug-likeness (QED) is 0.578. The lowest BCUT2D eigenvalue weighted by atomic mass is 10.2. The van der Waals surface area contributed by atoms with E-state index in [9.17, 15) is 4.79 Å². The molecule has 0 spiro atoms. The number of rotatable bonds is 3. The Hall–Kier alpha value is -2.99. The van der Waals surface area contributed by atoms with Crippen LogP contribution in [-0.4, -0.2) is 14.6 Å². The molecule has 0 aliphatic carbocycles. The van der Waals surface area contributed by atoms with Crippen LogP contribution < -0.4 is 14.8 Å². The van der Waals surface area contributed by atoms with Crippen LogP contribution in [0.1, 0.15) is 11.4 Å². The van der Waals surface area contributed by atoms with Gasteiger partial charge in [0.15, 0.2) is 0 Å². The van der Waals surface area contributed by atoms with E-state index in [2.05, 4.69) is 10.1 Å². The number of para-hydroxylation sites is 1. The summed E-state index contributed by atoms with van der Waals surface area (Å²) in [5.41, 5.74) is 0.742. The lowest BCUT2D eigenvalue weighted by molar-refractivity contribution is 0.482. The Labute approximate surface area is 141 Å². The molecule has 24 heavy (non-hydrogen) atoms. The number of ether oxygens (including phenoxy) is 1. The Morgan fingerprint density at radius 3 is 2.67 bits per heavy atom. The number of hydrogen-bond donors (Lipinski definition) is 0. The van der Waals surface area contributed by atoms with Crippen LogP contribution in [0.25, 0.3) is 11.0 Å². The van der Waals surface area contributed by atoms with Crippen LogP contribution in [0.4, 0.5) is 0 Å². The van der Waals surface area contributed by atoms with Crippen LogP contribution in [0, 0.1) is 6.92 Å². The monoisotopic (exact) mass is 335 g/mol. The second kappa shape index (κ2) is 5.90. The predicted octanol–water partition coefficient (Wildman–Crippen LogP) is 2.80. The number of benzene rings is 2. The molecule has 5 nitrogen and oxygen atoms in total. The maximum absolute atomic E-state index is 12.3. The first kappa shape index (κ1) is 14.6. The minimum atomic E-state index is -0.148. The summed E-state index contributed by atoms with van der Waals surface area (Å²) < 4.78 is 7.76. The number of nitrogens with zero attached hydrogens (tertiary/aromatic N) is 3. The molecule has 2 aromatic heterocycles. The average molecular weight is 335 g/mol. The zero-order chi connectivity index (χ0) is 16.5. The van der Waals surface area contributed by atoms with Crippen molar-refractivity contribution in [2.24, 2.45) is 0 Å². The average Bonchev–Trinajstić information content (AvgIpc) is 3.07. The number of thiazole rings is 1. The third-order valence-electron chi connectivity index (χ3n) is 3.42. The highest BCUT2D eigenvalue weighted by Crippen LogP contribution is 2.22. The lowest BCUT2D eigenvalue weighted by Gasteiger charge is -2.05. The molecule has 118 valence electrons. The molecule has 2 heterocycles. The molecule has 0 fully saturated rings. The Bertz CT molecular complexity index is 1120. The highest BCUT2D eigenvalue weighted by Gasteiger charge is 2.07. The Morgan fingerprint density at radius 1 is 1.08 bits per heavy atom. The second-order valence-corrected chi connectivity index (χ2v) is 6.27. The molecule has 4 aromatic rings. The predicted molar refractivity (Wildman–Crippen MR) is 93.6 cm³/mol. The Morgan fingerprint density at radius 2 is 1.88 bits per heavy atom. The van der Waals surface area contributed by atoms with Gasteiger partial charge in [-0.3, -0.25) is 4.79 Å². The van der Waals surface area contributed by atoms with E-state index in [4.69, 9.17) is 4.74 Å². The standard InChI is InChI=1S/C18H13N3O2S/c1-12-19-18-21(20-12)17(22)16(24-18)11-13-6-5-9-15(10-13)23-14-7-3-2-4-8-14/h2-11H,1H3/b16-11-. The van der Waals surface area contributed by atoms with Gasteiger partial charge < -0.3 is 4.74 Å². The van der Waals surface area contributed by atoms with Crippen LogP contribution in [0.5, 0.6) is 11.5 Å². The first-order valence-electron chi connectivity index (χ1n) is 7.40. The molecular formula is C18H13N3O2S. The van der Waals surface area contributed by atoms with E-state index in [1.165, 1.54) is 15.9 Å². The van der Waals surface area contributed by atoms with Crippen LogP contribution in [0.2, 0.25) is 0 Å². The van der Waals surface area contributed by atoms with Crippen molar-refractivity contribution in [3.8, 4) is 11.5 Å². The summed E-state index contributed by atoms with van der Waals surface area (Å²) in [6.07, 6.45) is 1.83. The largest absolute Gasteiger partial charge is 0.457 e. The molecule has 0 saturated heterocycles. The molecule has 0 saturated carbocycles. The van der Waals surface area contributed by atoms with Crippen molar-refractivity contribution in [1.29, 1.82) is 0 Å². The molecule has 0 amide bonds. The van der Waals surface area contributed by atoms with E-state index in [0.717, 1.165) is 17.1 Å².